The molecular weight excluding hydrogens is 400 g/mol. The number of ether oxygens (including phenoxy) is 3. The Hall–Kier alpha value is -2.64. The van der Waals surface area contributed by atoms with E-state index in [1.807, 2.05) is 0 Å². The summed E-state index contributed by atoms with van der Waals surface area (Å²) in [7, 11) is 3.14. The van der Waals surface area contributed by atoms with E-state index in [-0.39, 0.29) is 12.0 Å². The molecule has 30 heavy (non-hydrogen) atoms. The number of carbonyl (C=O) groups excluding carboxylic acids is 1. The van der Waals surface area contributed by atoms with Gasteiger partial charge in [0.1, 0.15) is 0 Å². The lowest BCUT2D eigenvalue weighted by molar-refractivity contribution is 0.0917. The predicted molar refractivity (Wildman–Crippen MR) is 119 cm³/mol. The Balaban J connectivity index is 1.74. The summed E-state index contributed by atoms with van der Waals surface area (Å²) in [5.41, 5.74) is 3.78. The Morgan fingerprint density at radius 2 is 2.00 bits per heavy atom. The number of methoxy groups -OCH3 is 2. The van der Waals surface area contributed by atoms with Crippen molar-refractivity contribution >= 4 is 32.6 Å². The lowest BCUT2D eigenvalue weighted by atomic mass is 10.1. The van der Waals surface area contributed by atoms with Crippen molar-refractivity contribution in [3.63, 3.8) is 0 Å². The van der Waals surface area contributed by atoms with E-state index in [0.717, 1.165) is 35.2 Å². The Labute approximate surface area is 180 Å². The van der Waals surface area contributed by atoms with Crippen molar-refractivity contribution in [1.82, 2.24) is 4.98 Å². The number of aromatic nitrogens is 1. The number of rotatable bonds is 6. The summed E-state index contributed by atoms with van der Waals surface area (Å²) < 4.78 is 17.6. The van der Waals surface area contributed by atoms with Crippen LogP contribution >= 0.6 is 11.3 Å². The molecule has 0 N–H and O–H groups in total. The Morgan fingerprint density at radius 1 is 1.20 bits per heavy atom. The van der Waals surface area contributed by atoms with Crippen LogP contribution in [-0.4, -0.2) is 44.4 Å². The van der Waals surface area contributed by atoms with Crippen molar-refractivity contribution in [2.75, 3.05) is 32.3 Å². The van der Waals surface area contributed by atoms with Crippen LogP contribution in [0.4, 0.5) is 5.13 Å². The van der Waals surface area contributed by atoms with Gasteiger partial charge in [-0.25, -0.2) is 4.98 Å². The van der Waals surface area contributed by atoms with Gasteiger partial charge in [-0.3, -0.25) is 9.69 Å². The Morgan fingerprint density at radius 3 is 2.70 bits per heavy atom. The molecule has 1 amide bonds. The van der Waals surface area contributed by atoms with E-state index in [1.165, 1.54) is 5.56 Å². The molecule has 1 atom stereocenters. The molecule has 158 valence electrons. The van der Waals surface area contributed by atoms with Gasteiger partial charge in [-0.1, -0.05) is 17.4 Å². The van der Waals surface area contributed by atoms with Gasteiger partial charge in [-0.05, 0) is 62.1 Å². The van der Waals surface area contributed by atoms with Gasteiger partial charge in [0.05, 0.1) is 37.1 Å². The van der Waals surface area contributed by atoms with Crippen molar-refractivity contribution < 1.29 is 19.0 Å². The number of fused-ring (bicyclic) bond motifs is 1. The minimum Gasteiger partial charge on any atom is -0.493 e. The predicted octanol–water partition coefficient (Wildman–Crippen LogP) is 4.76. The molecule has 1 saturated heterocycles. The molecule has 1 aliphatic heterocycles. The van der Waals surface area contributed by atoms with Gasteiger partial charge >= 0.3 is 0 Å². The molecule has 0 saturated carbocycles. The zero-order chi connectivity index (χ0) is 21.3. The molecule has 1 unspecified atom stereocenters. The fourth-order valence-corrected chi connectivity index (χ4v) is 4.87. The molecule has 0 spiro atoms. The van der Waals surface area contributed by atoms with Gasteiger partial charge in [0.25, 0.3) is 5.91 Å². The SMILES string of the molecule is COc1ccc(C(=O)N(CC2CCCO2)c2nc3cc(C)cc(C)c3s2)cc1OC. The topological polar surface area (TPSA) is 60.9 Å². The second kappa shape index (κ2) is 8.62. The van der Waals surface area contributed by atoms with Crippen LogP contribution in [0.3, 0.4) is 0 Å². The minimum atomic E-state index is -0.125. The molecule has 2 heterocycles. The maximum absolute atomic E-state index is 13.6. The second-order valence-electron chi connectivity index (χ2n) is 7.55. The van der Waals surface area contributed by atoms with Crippen LogP contribution in [0.2, 0.25) is 0 Å². The van der Waals surface area contributed by atoms with Crippen molar-refractivity contribution in [2.24, 2.45) is 0 Å². The number of nitrogens with zero attached hydrogens (tertiary/aromatic N) is 2. The summed E-state index contributed by atoms with van der Waals surface area (Å²) in [4.78, 5) is 20.1. The molecule has 0 bridgehead atoms. The highest BCUT2D eigenvalue weighted by atomic mass is 32.1. The van der Waals surface area contributed by atoms with Crippen molar-refractivity contribution in [3.05, 3.63) is 47.0 Å². The summed E-state index contributed by atoms with van der Waals surface area (Å²) in [6.07, 6.45) is 1.98. The van der Waals surface area contributed by atoms with E-state index < -0.39 is 0 Å². The monoisotopic (exact) mass is 426 g/mol. The number of benzene rings is 2. The number of aryl methyl sites for hydroxylation is 2. The highest BCUT2D eigenvalue weighted by Gasteiger charge is 2.28. The van der Waals surface area contributed by atoms with Crippen LogP contribution < -0.4 is 14.4 Å². The average Bonchev–Trinajstić information content (AvgIpc) is 3.40. The van der Waals surface area contributed by atoms with Crippen molar-refractivity contribution in [3.8, 4) is 11.5 Å². The smallest absolute Gasteiger partial charge is 0.260 e. The largest absolute Gasteiger partial charge is 0.493 e. The van der Waals surface area contributed by atoms with Crippen LogP contribution in [0.25, 0.3) is 10.2 Å². The van der Waals surface area contributed by atoms with Crippen molar-refractivity contribution in [2.45, 2.75) is 32.8 Å². The number of hydrogen-bond donors (Lipinski definition) is 0. The first-order valence-electron chi connectivity index (χ1n) is 10.0. The number of thiazole rings is 1. The third-order valence-electron chi connectivity index (χ3n) is 5.33. The highest BCUT2D eigenvalue weighted by molar-refractivity contribution is 7.22. The highest BCUT2D eigenvalue weighted by Crippen LogP contribution is 2.34. The molecule has 4 rings (SSSR count). The first kappa shape index (κ1) is 20.6. The quantitative estimate of drug-likeness (QED) is 0.569. The van der Waals surface area contributed by atoms with Crippen LogP contribution in [0.5, 0.6) is 11.5 Å². The van der Waals surface area contributed by atoms with Crippen LogP contribution in [0.1, 0.15) is 34.3 Å². The zero-order valence-corrected chi connectivity index (χ0v) is 18.5. The van der Waals surface area contributed by atoms with E-state index in [4.69, 9.17) is 19.2 Å². The van der Waals surface area contributed by atoms with Gasteiger partial charge in [0, 0.05) is 12.2 Å². The average molecular weight is 427 g/mol. The van der Waals surface area contributed by atoms with E-state index >= 15 is 0 Å². The fourth-order valence-electron chi connectivity index (χ4n) is 3.85. The van der Waals surface area contributed by atoms with E-state index in [2.05, 4.69) is 26.0 Å². The van der Waals surface area contributed by atoms with Gasteiger partial charge in [-0.15, -0.1) is 0 Å². The first-order chi connectivity index (χ1) is 14.5. The zero-order valence-electron chi connectivity index (χ0n) is 17.7. The van der Waals surface area contributed by atoms with E-state index in [1.54, 1.807) is 48.7 Å². The minimum absolute atomic E-state index is 0.0175. The van der Waals surface area contributed by atoms with E-state index in [9.17, 15) is 4.79 Å². The van der Waals surface area contributed by atoms with Gasteiger partial charge < -0.3 is 14.2 Å². The lowest BCUT2D eigenvalue weighted by Gasteiger charge is -2.23. The fraction of sp³-hybridized carbons (Fsp3) is 0.391. The second-order valence-corrected chi connectivity index (χ2v) is 8.52. The number of carbonyl (C=O) groups is 1. The number of amides is 1. The van der Waals surface area contributed by atoms with Gasteiger partial charge in [-0.2, -0.15) is 0 Å². The Bertz CT molecular complexity index is 1070. The molecular formula is C23H26N2O4S. The van der Waals surface area contributed by atoms with Crippen LogP contribution in [0.15, 0.2) is 30.3 Å². The third-order valence-corrected chi connectivity index (χ3v) is 6.56. The lowest BCUT2D eigenvalue weighted by Crippen LogP contribution is -2.37. The molecule has 7 heteroatoms. The molecule has 6 nitrogen and oxygen atoms in total. The number of hydrogen-bond acceptors (Lipinski definition) is 6. The van der Waals surface area contributed by atoms with Gasteiger partial charge in [0.2, 0.25) is 0 Å². The summed E-state index contributed by atoms with van der Waals surface area (Å²) in [6, 6.07) is 9.43. The standard InChI is InChI=1S/C23H26N2O4S/c1-14-10-15(2)21-18(11-14)24-23(30-21)25(13-17-6-5-9-29-17)22(26)16-7-8-19(27-3)20(12-16)28-4/h7-8,10-12,17H,5-6,9,13H2,1-4H3. The maximum Gasteiger partial charge on any atom is 0.260 e. The van der Waals surface area contributed by atoms with Crippen molar-refractivity contribution in [1.29, 1.82) is 0 Å². The molecule has 0 radical (unpaired) electrons. The molecule has 1 fully saturated rings. The molecule has 1 aromatic heterocycles. The molecule has 2 aromatic carbocycles. The maximum atomic E-state index is 13.6. The summed E-state index contributed by atoms with van der Waals surface area (Å²) in [5, 5.41) is 0.689. The molecule has 3 aromatic rings. The molecule has 1 aliphatic rings. The van der Waals surface area contributed by atoms with Gasteiger partial charge in [0.15, 0.2) is 16.6 Å². The molecule has 0 aliphatic carbocycles. The summed E-state index contributed by atoms with van der Waals surface area (Å²) >= 11 is 1.55. The number of anilines is 1. The van der Waals surface area contributed by atoms with E-state index in [0.29, 0.717) is 28.7 Å². The third kappa shape index (κ3) is 4.00. The summed E-state index contributed by atoms with van der Waals surface area (Å²) in [6.45, 7) is 5.36. The van der Waals surface area contributed by atoms with Crippen LogP contribution in [0, 0.1) is 13.8 Å². The first-order valence-corrected chi connectivity index (χ1v) is 10.8. The summed E-state index contributed by atoms with van der Waals surface area (Å²) in [5.74, 6) is 0.988. The Kier molecular flexibility index (Phi) is 5.92. The van der Waals surface area contributed by atoms with Crippen LogP contribution in [-0.2, 0) is 4.74 Å². The normalized spacial score (nSPS) is 16.1.